The minimum absolute atomic E-state index is 0.00806. The SMILES string of the molecule is COc1ccc(C(Cl)C2CCOCC2)cc1OC. The first-order valence-corrected chi connectivity index (χ1v) is 6.63. The lowest BCUT2D eigenvalue weighted by Crippen LogP contribution is -2.19. The Kier molecular flexibility index (Phi) is 4.72. The zero-order valence-corrected chi connectivity index (χ0v) is 11.6. The second-order valence-corrected chi connectivity index (χ2v) is 4.94. The van der Waals surface area contributed by atoms with Crippen LogP contribution in [-0.2, 0) is 4.74 Å². The first-order valence-electron chi connectivity index (χ1n) is 6.20. The first-order chi connectivity index (χ1) is 8.76. The predicted octanol–water partition coefficient (Wildman–Crippen LogP) is 3.41. The monoisotopic (exact) mass is 270 g/mol. The van der Waals surface area contributed by atoms with E-state index in [4.69, 9.17) is 25.8 Å². The largest absolute Gasteiger partial charge is 0.493 e. The molecular weight excluding hydrogens is 252 g/mol. The molecule has 3 nitrogen and oxygen atoms in total. The fourth-order valence-corrected chi connectivity index (χ4v) is 2.69. The fourth-order valence-electron chi connectivity index (χ4n) is 2.30. The molecular formula is C14H19ClO3. The average Bonchev–Trinajstić information content (AvgIpc) is 2.46. The van der Waals surface area contributed by atoms with Gasteiger partial charge in [-0.05, 0) is 36.5 Å². The Morgan fingerprint density at radius 3 is 2.44 bits per heavy atom. The number of hydrogen-bond acceptors (Lipinski definition) is 3. The van der Waals surface area contributed by atoms with Crippen LogP contribution in [0, 0.1) is 5.92 Å². The highest BCUT2D eigenvalue weighted by Gasteiger charge is 2.24. The quantitative estimate of drug-likeness (QED) is 0.785. The predicted molar refractivity (Wildman–Crippen MR) is 71.7 cm³/mol. The Morgan fingerprint density at radius 1 is 1.17 bits per heavy atom. The Hall–Kier alpha value is -0.930. The molecule has 1 saturated heterocycles. The van der Waals surface area contributed by atoms with Gasteiger partial charge in [0.2, 0.25) is 0 Å². The highest BCUT2D eigenvalue weighted by atomic mass is 35.5. The maximum atomic E-state index is 6.56. The van der Waals surface area contributed by atoms with Crippen LogP contribution in [0.4, 0.5) is 0 Å². The van der Waals surface area contributed by atoms with Gasteiger partial charge in [0.15, 0.2) is 11.5 Å². The molecule has 1 unspecified atom stereocenters. The van der Waals surface area contributed by atoms with Crippen molar-refractivity contribution in [1.29, 1.82) is 0 Å². The molecule has 0 radical (unpaired) electrons. The van der Waals surface area contributed by atoms with Crippen LogP contribution in [0.2, 0.25) is 0 Å². The van der Waals surface area contributed by atoms with E-state index in [2.05, 4.69) is 0 Å². The van der Waals surface area contributed by atoms with Crippen molar-refractivity contribution >= 4 is 11.6 Å². The number of methoxy groups -OCH3 is 2. The summed E-state index contributed by atoms with van der Waals surface area (Å²) in [5.74, 6) is 1.93. The molecule has 0 bridgehead atoms. The highest BCUT2D eigenvalue weighted by Crippen LogP contribution is 2.38. The molecule has 0 amide bonds. The van der Waals surface area contributed by atoms with E-state index < -0.39 is 0 Å². The molecule has 0 spiro atoms. The van der Waals surface area contributed by atoms with Crippen LogP contribution in [-0.4, -0.2) is 27.4 Å². The molecule has 0 saturated carbocycles. The number of halogens is 1. The van der Waals surface area contributed by atoms with Crippen molar-refractivity contribution in [2.24, 2.45) is 5.92 Å². The summed E-state index contributed by atoms with van der Waals surface area (Å²) in [5.41, 5.74) is 1.08. The molecule has 1 aliphatic rings. The molecule has 18 heavy (non-hydrogen) atoms. The van der Waals surface area contributed by atoms with E-state index in [9.17, 15) is 0 Å². The summed E-state index contributed by atoms with van der Waals surface area (Å²) in [6.45, 7) is 1.61. The lowest BCUT2D eigenvalue weighted by atomic mass is 9.91. The van der Waals surface area contributed by atoms with Gasteiger partial charge in [0, 0.05) is 13.2 Å². The molecule has 1 fully saturated rings. The molecule has 4 heteroatoms. The van der Waals surface area contributed by atoms with Gasteiger partial charge in [0.05, 0.1) is 19.6 Å². The van der Waals surface area contributed by atoms with Gasteiger partial charge in [-0.1, -0.05) is 6.07 Å². The molecule has 1 aromatic rings. The van der Waals surface area contributed by atoms with Crippen molar-refractivity contribution in [3.8, 4) is 11.5 Å². The van der Waals surface area contributed by atoms with Crippen LogP contribution in [0.15, 0.2) is 18.2 Å². The van der Waals surface area contributed by atoms with Crippen LogP contribution >= 0.6 is 11.6 Å². The number of ether oxygens (including phenoxy) is 3. The molecule has 0 N–H and O–H groups in total. The van der Waals surface area contributed by atoms with Gasteiger partial charge in [0.25, 0.3) is 0 Å². The summed E-state index contributed by atoms with van der Waals surface area (Å²) in [5, 5.41) is 0.00806. The van der Waals surface area contributed by atoms with E-state index in [1.807, 2.05) is 18.2 Å². The normalized spacial score (nSPS) is 18.4. The Morgan fingerprint density at radius 2 is 1.83 bits per heavy atom. The van der Waals surface area contributed by atoms with Gasteiger partial charge in [-0.15, -0.1) is 11.6 Å². The molecule has 1 aliphatic heterocycles. The van der Waals surface area contributed by atoms with Crippen molar-refractivity contribution in [3.63, 3.8) is 0 Å². The van der Waals surface area contributed by atoms with Crippen molar-refractivity contribution in [1.82, 2.24) is 0 Å². The third kappa shape index (κ3) is 2.90. The Labute approximate surface area is 113 Å². The van der Waals surface area contributed by atoms with Crippen LogP contribution in [0.25, 0.3) is 0 Å². The molecule has 2 rings (SSSR count). The smallest absolute Gasteiger partial charge is 0.161 e. The topological polar surface area (TPSA) is 27.7 Å². The second kappa shape index (κ2) is 6.30. The van der Waals surface area contributed by atoms with E-state index in [1.165, 1.54) is 0 Å². The Bertz CT molecular complexity index is 389. The summed E-state index contributed by atoms with van der Waals surface area (Å²) in [4.78, 5) is 0. The van der Waals surface area contributed by atoms with Crippen LogP contribution in [0.3, 0.4) is 0 Å². The molecule has 0 aromatic heterocycles. The van der Waals surface area contributed by atoms with Gasteiger partial charge in [-0.25, -0.2) is 0 Å². The third-order valence-corrected chi connectivity index (χ3v) is 4.01. The number of rotatable bonds is 4. The van der Waals surface area contributed by atoms with Gasteiger partial charge >= 0.3 is 0 Å². The summed E-state index contributed by atoms with van der Waals surface area (Å²) >= 11 is 6.56. The van der Waals surface area contributed by atoms with Gasteiger partial charge in [0.1, 0.15) is 0 Å². The Balaban J connectivity index is 2.16. The summed E-state index contributed by atoms with van der Waals surface area (Å²) in [6.07, 6.45) is 2.03. The lowest BCUT2D eigenvalue weighted by molar-refractivity contribution is 0.0650. The fraction of sp³-hybridized carbons (Fsp3) is 0.571. The maximum Gasteiger partial charge on any atom is 0.161 e. The van der Waals surface area contributed by atoms with Gasteiger partial charge in [-0.2, -0.15) is 0 Å². The number of benzene rings is 1. The summed E-state index contributed by atoms with van der Waals surface area (Å²) in [6, 6.07) is 5.88. The zero-order valence-electron chi connectivity index (χ0n) is 10.8. The van der Waals surface area contributed by atoms with Crippen LogP contribution in [0.5, 0.6) is 11.5 Å². The van der Waals surface area contributed by atoms with Crippen molar-refractivity contribution < 1.29 is 14.2 Å². The zero-order chi connectivity index (χ0) is 13.0. The number of alkyl halides is 1. The standard InChI is InChI=1S/C14H19ClO3/c1-16-12-4-3-11(9-13(12)17-2)14(15)10-5-7-18-8-6-10/h3-4,9-10,14H,5-8H2,1-2H3. The van der Waals surface area contributed by atoms with Crippen molar-refractivity contribution in [3.05, 3.63) is 23.8 Å². The lowest BCUT2D eigenvalue weighted by Gasteiger charge is -2.26. The molecule has 100 valence electrons. The van der Waals surface area contributed by atoms with Gasteiger partial charge < -0.3 is 14.2 Å². The van der Waals surface area contributed by atoms with Gasteiger partial charge in [-0.3, -0.25) is 0 Å². The summed E-state index contributed by atoms with van der Waals surface area (Å²) in [7, 11) is 3.27. The minimum atomic E-state index is 0.00806. The summed E-state index contributed by atoms with van der Waals surface area (Å²) < 4.78 is 15.9. The highest BCUT2D eigenvalue weighted by molar-refractivity contribution is 6.21. The van der Waals surface area contributed by atoms with Crippen molar-refractivity contribution in [2.45, 2.75) is 18.2 Å². The van der Waals surface area contributed by atoms with Crippen LogP contribution < -0.4 is 9.47 Å². The number of hydrogen-bond donors (Lipinski definition) is 0. The minimum Gasteiger partial charge on any atom is -0.493 e. The first kappa shape index (κ1) is 13.5. The second-order valence-electron chi connectivity index (χ2n) is 4.47. The molecule has 1 atom stereocenters. The van der Waals surface area contributed by atoms with Crippen LogP contribution in [0.1, 0.15) is 23.8 Å². The third-order valence-electron chi connectivity index (χ3n) is 3.41. The maximum absolute atomic E-state index is 6.56. The van der Waals surface area contributed by atoms with E-state index in [-0.39, 0.29) is 5.38 Å². The van der Waals surface area contributed by atoms with E-state index in [0.29, 0.717) is 5.92 Å². The van der Waals surface area contributed by atoms with E-state index in [0.717, 1.165) is 43.1 Å². The molecule has 0 aliphatic carbocycles. The average molecular weight is 271 g/mol. The molecule has 1 heterocycles. The van der Waals surface area contributed by atoms with E-state index >= 15 is 0 Å². The van der Waals surface area contributed by atoms with Crippen molar-refractivity contribution in [2.75, 3.05) is 27.4 Å². The van der Waals surface area contributed by atoms with E-state index in [1.54, 1.807) is 14.2 Å². The molecule has 1 aromatic carbocycles.